The van der Waals surface area contributed by atoms with E-state index in [0.29, 0.717) is 24.1 Å². The average Bonchev–Trinajstić information content (AvgIpc) is 2.54. The summed E-state index contributed by atoms with van der Waals surface area (Å²) in [5, 5.41) is 10.2. The smallest absolute Gasteiger partial charge is 0.160 e. The van der Waals surface area contributed by atoms with Gasteiger partial charge in [0, 0.05) is 16.2 Å². The molecule has 0 fully saturated rings. The second kappa shape index (κ2) is 7.22. The van der Waals surface area contributed by atoms with Crippen LogP contribution in [0.1, 0.15) is 23.1 Å². The van der Waals surface area contributed by atoms with Gasteiger partial charge in [-0.05, 0) is 54.7 Å². The van der Waals surface area contributed by atoms with Crippen LogP contribution in [0.2, 0.25) is 0 Å². The van der Waals surface area contributed by atoms with Crippen LogP contribution >= 0.6 is 11.8 Å². The van der Waals surface area contributed by atoms with Crippen molar-refractivity contribution in [1.82, 2.24) is 0 Å². The maximum absolute atomic E-state index is 11.7. The van der Waals surface area contributed by atoms with E-state index < -0.39 is 6.10 Å². The maximum atomic E-state index is 11.7. The molecule has 1 atom stereocenters. The molecular formula is C21H28NO3S+. The summed E-state index contributed by atoms with van der Waals surface area (Å²) in [5.41, 5.74) is 4.78. The molecule has 2 aliphatic rings. The molecule has 1 aliphatic carbocycles. The van der Waals surface area contributed by atoms with Crippen molar-refractivity contribution >= 4 is 17.5 Å². The van der Waals surface area contributed by atoms with E-state index in [-0.39, 0.29) is 5.78 Å². The van der Waals surface area contributed by atoms with Crippen molar-refractivity contribution in [2.75, 3.05) is 34.3 Å². The quantitative estimate of drug-likeness (QED) is 0.804. The molecule has 1 aromatic rings. The van der Waals surface area contributed by atoms with E-state index in [2.05, 4.69) is 41.1 Å². The summed E-state index contributed by atoms with van der Waals surface area (Å²) in [5.74, 6) is 1.03. The van der Waals surface area contributed by atoms with Gasteiger partial charge in [0.05, 0.1) is 21.1 Å². The molecule has 1 aromatic carbocycles. The fraction of sp³-hybridized carbons (Fsp3) is 0.476. The van der Waals surface area contributed by atoms with E-state index in [9.17, 15) is 9.90 Å². The zero-order valence-corrected chi connectivity index (χ0v) is 17.1. The van der Waals surface area contributed by atoms with Gasteiger partial charge in [0.2, 0.25) is 0 Å². The van der Waals surface area contributed by atoms with Crippen molar-refractivity contribution in [3.05, 3.63) is 45.4 Å². The largest absolute Gasteiger partial charge is 0.490 e. The first-order valence-corrected chi connectivity index (χ1v) is 9.82. The van der Waals surface area contributed by atoms with Gasteiger partial charge in [-0.15, -0.1) is 0 Å². The lowest BCUT2D eigenvalue weighted by atomic mass is 9.95. The predicted molar refractivity (Wildman–Crippen MR) is 106 cm³/mol. The van der Waals surface area contributed by atoms with Crippen LogP contribution in [0.3, 0.4) is 0 Å². The molecule has 0 saturated carbocycles. The van der Waals surface area contributed by atoms with Crippen molar-refractivity contribution in [3.63, 3.8) is 0 Å². The number of allylic oxidation sites excluding steroid dienone is 3. The molecule has 1 heterocycles. The minimum Gasteiger partial charge on any atom is -0.490 e. The topological polar surface area (TPSA) is 46.5 Å². The van der Waals surface area contributed by atoms with Gasteiger partial charge in [-0.2, -0.15) is 0 Å². The molecule has 0 aromatic heterocycles. The number of benzene rings is 1. The molecule has 26 heavy (non-hydrogen) atoms. The first-order valence-electron chi connectivity index (χ1n) is 9.00. The predicted octanol–water partition coefficient (Wildman–Crippen LogP) is 3.18. The Morgan fingerprint density at radius 3 is 2.69 bits per heavy atom. The lowest BCUT2D eigenvalue weighted by molar-refractivity contribution is -0.873. The number of ether oxygens (including phenoxy) is 1. The molecule has 1 aliphatic heterocycles. The van der Waals surface area contributed by atoms with E-state index in [1.165, 1.54) is 21.6 Å². The van der Waals surface area contributed by atoms with E-state index in [0.717, 1.165) is 22.6 Å². The first kappa shape index (κ1) is 19.2. The van der Waals surface area contributed by atoms with Gasteiger partial charge in [0.25, 0.3) is 0 Å². The molecule has 3 rings (SSSR count). The monoisotopic (exact) mass is 374 g/mol. The summed E-state index contributed by atoms with van der Waals surface area (Å²) in [6, 6.07) is 2.11. The van der Waals surface area contributed by atoms with Gasteiger partial charge in [0.15, 0.2) is 5.78 Å². The normalized spacial score (nSPS) is 17.8. The number of nitrogens with zero attached hydrogens (tertiary/aromatic N) is 1. The van der Waals surface area contributed by atoms with Crippen LogP contribution in [0, 0.1) is 13.8 Å². The molecule has 5 heteroatoms. The molecule has 1 N–H and O–H groups in total. The number of likely N-dealkylation sites (N-methyl/N-ethyl adjacent to an activating group) is 1. The molecule has 0 radical (unpaired) electrons. The van der Waals surface area contributed by atoms with Crippen molar-refractivity contribution in [1.29, 1.82) is 0 Å². The van der Waals surface area contributed by atoms with E-state index in [4.69, 9.17) is 4.74 Å². The molecule has 140 valence electrons. The van der Waals surface area contributed by atoms with E-state index >= 15 is 0 Å². The number of hydrogen-bond acceptors (Lipinski definition) is 4. The second-order valence-electron chi connectivity index (χ2n) is 8.24. The van der Waals surface area contributed by atoms with Crippen molar-refractivity contribution in [2.45, 2.75) is 37.7 Å². The highest BCUT2D eigenvalue weighted by Crippen LogP contribution is 2.46. The highest BCUT2D eigenvalue weighted by Gasteiger charge is 2.26. The molecule has 0 spiro atoms. The van der Waals surface area contributed by atoms with E-state index in [1.807, 2.05) is 6.08 Å². The van der Waals surface area contributed by atoms with Crippen LogP contribution in [0.25, 0.3) is 0 Å². The van der Waals surface area contributed by atoms with Crippen molar-refractivity contribution in [3.8, 4) is 5.75 Å². The Kier molecular flexibility index (Phi) is 5.33. The van der Waals surface area contributed by atoms with Crippen molar-refractivity contribution in [2.24, 2.45) is 0 Å². The number of hydrogen-bond donors (Lipinski definition) is 1. The van der Waals surface area contributed by atoms with Crippen LogP contribution in [-0.4, -0.2) is 55.8 Å². The van der Waals surface area contributed by atoms with Crippen molar-refractivity contribution < 1.29 is 19.1 Å². The third-order valence-electron chi connectivity index (χ3n) is 4.81. The van der Waals surface area contributed by atoms with Gasteiger partial charge in [-0.3, -0.25) is 4.79 Å². The zero-order chi connectivity index (χ0) is 19.1. The van der Waals surface area contributed by atoms with Crippen LogP contribution in [0.15, 0.2) is 33.6 Å². The molecule has 1 unspecified atom stereocenters. The Balaban J connectivity index is 1.82. The average molecular weight is 375 g/mol. The fourth-order valence-electron chi connectivity index (χ4n) is 3.41. The van der Waals surface area contributed by atoms with Gasteiger partial charge in [0.1, 0.15) is 25.0 Å². The number of aliphatic hydroxyl groups is 1. The molecule has 0 saturated heterocycles. The molecule has 0 bridgehead atoms. The standard InChI is InChI=1S/C21H28NO3S/c1-13-14(2)21-16(8-15-6-7-17(23)10-20(15)26-21)9-19(13)25-12-18(24)11-22(3,4)5/h6,9-10,18,24H,7-8,11-12H2,1-5H3/q+1. The van der Waals surface area contributed by atoms with Crippen LogP contribution in [-0.2, 0) is 11.2 Å². The summed E-state index contributed by atoms with van der Waals surface area (Å²) in [6.07, 6.45) is 4.67. The van der Waals surface area contributed by atoms with Gasteiger partial charge in [-0.25, -0.2) is 0 Å². The highest BCUT2D eigenvalue weighted by molar-refractivity contribution is 8.03. The number of rotatable bonds is 5. The number of quaternary nitrogens is 1. The zero-order valence-electron chi connectivity index (χ0n) is 16.3. The van der Waals surface area contributed by atoms with Crippen LogP contribution in [0.4, 0.5) is 0 Å². The number of carbonyl (C=O) groups excluding carboxylic acids is 1. The van der Waals surface area contributed by atoms with Gasteiger partial charge in [-0.1, -0.05) is 17.8 Å². The lowest BCUT2D eigenvalue weighted by Crippen LogP contribution is -2.43. The number of fused-ring (bicyclic) bond motifs is 2. The van der Waals surface area contributed by atoms with E-state index in [1.54, 1.807) is 17.8 Å². The summed E-state index contributed by atoms with van der Waals surface area (Å²) < 4.78 is 6.69. The Bertz CT molecular complexity index is 802. The number of carbonyl (C=O) groups is 1. The SMILES string of the molecule is Cc1c(OCC(O)C[N+](C)(C)C)cc2c(c1C)SC1=CC(=O)CC=C1C2. The highest BCUT2D eigenvalue weighted by atomic mass is 32.2. The Labute approximate surface area is 160 Å². The Hall–Kier alpha value is -1.56. The Morgan fingerprint density at radius 1 is 1.27 bits per heavy atom. The van der Waals surface area contributed by atoms with Crippen LogP contribution < -0.4 is 4.74 Å². The summed E-state index contributed by atoms with van der Waals surface area (Å²) in [7, 11) is 6.17. The first-order chi connectivity index (χ1) is 12.1. The number of aliphatic hydroxyl groups excluding tert-OH is 1. The molecular weight excluding hydrogens is 346 g/mol. The third-order valence-corrected chi connectivity index (χ3v) is 6.18. The molecule has 0 amide bonds. The molecule has 4 nitrogen and oxygen atoms in total. The number of ketones is 1. The van der Waals surface area contributed by atoms with Gasteiger partial charge >= 0.3 is 0 Å². The lowest BCUT2D eigenvalue weighted by Gasteiger charge is -2.28. The van der Waals surface area contributed by atoms with Crippen LogP contribution in [0.5, 0.6) is 5.75 Å². The minimum atomic E-state index is -0.498. The third kappa shape index (κ3) is 4.22. The Morgan fingerprint density at radius 2 is 2.00 bits per heavy atom. The van der Waals surface area contributed by atoms with Gasteiger partial charge < -0.3 is 14.3 Å². The summed E-state index contributed by atoms with van der Waals surface area (Å²) in [4.78, 5) is 14.0. The summed E-state index contributed by atoms with van der Waals surface area (Å²) in [6.45, 7) is 5.11. The summed E-state index contributed by atoms with van der Waals surface area (Å²) >= 11 is 1.69. The minimum absolute atomic E-state index is 0.181. The fourth-order valence-corrected chi connectivity index (χ4v) is 4.68. The number of thioether (sulfide) groups is 1. The maximum Gasteiger partial charge on any atom is 0.160 e. The second-order valence-corrected chi connectivity index (χ2v) is 9.29.